The molecule has 1 aromatic rings. The second-order valence-electron chi connectivity index (χ2n) is 6.54. The van der Waals surface area contributed by atoms with E-state index in [0.717, 1.165) is 43.8 Å². The van der Waals surface area contributed by atoms with Crippen molar-refractivity contribution in [2.45, 2.75) is 39.2 Å². The highest BCUT2D eigenvalue weighted by Crippen LogP contribution is 2.23. The number of ether oxygens (including phenoxy) is 1. The monoisotopic (exact) mass is 335 g/mol. The molecule has 0 spiro atoms. The molecule has 3 nitrogen and oxygen atoms in total. The number of rotatable bonds is 8. The molecule has 1 fully saturated rings. The molecule has 0 saturated carbocycles. The Hall–Kier alpha value is -1.00. The first kappa shape index (κ1) is 18.3. The van der Waals surface area contributed by atoms with E-state index < -0.39 is 0 Å². The molecule has 1 aliphatic heterocycles. The van der Waals surface area contributed by atoms with Crippen LogP contribution in [0.4, 0.5) is 0 Å². The van der Waals surface area contributed by atoms with Gasteiger partial charge in [0, 0.05) is 18.0 Å². The zero-order valence-corrected chi connectivity index (χ0v) is 15.4. The Labute approximate surface area is 144 Å². The Balaban J connectivity index is 1.96. The van der Waals surface area contributed by atoms with E-state index in [-0.39, 0.29) is 17.8 Å². The van der Waals surface area contributed by atoms with Crippen LogP contribution in [0.5, 0.6) is 5.75 Å². The highest BCUT2D eigenvalue weighted by molar-refractivity contribution is 7.98. The quantitative estimate of drug-likeness (QED) is 0.528. The molecule has 1 atom stereocenters. The van der Waals surface area contributed by atoms with Crippen LogP contribution in [0.1, 0.15) is 43.5 Å². The molecule has 2 rings (SSSR count). The van der Waals surface area contributed by atoms with Crippen LogP contribution in [-0.4, -0.2) is 48.4 Å². The average molecular weight is 336 g/mol. The number of carbonyl (C=O) groups excluding carboxylic acids is 1. The van der Waals surface area contributed by atoms with E-state index in [1.165, 1.54) is 12.2 Å². The van der Waals surface area contributed by atoms with Crippen LogP contribution in [-0.2, 0) is 0 Å². The summed E-state index contributed by atoms with van der Waals surface area (Å²) in [4.78, 5) is 15.3. The van der Waals surface area contributed by atoms with Crippen molar-refractivity contribution in [3.05, 3.63) is 29.8 Å². The molecular formula is C19H29NO2S. The van der Waals surface area contributed by atoms with Crippen LogP contribution in [0.15, 0.2) is 24.3 Å². The zero-order valence-electron chi connectivity index (χ0n) is 14.6. The minimum Gasteiger partial charge on any atom is -0.491 e. The summed E-state index contributed by atoms with van der Waals surface area (Å²) < 4.78 is 5.71. The summed E-state index contributed by atoms with van der Waals surface area (Å²) in [6.07, 6.45) is 5.61. The smallest absolute Gasteiger partial charge is 0.167 e. The third-order valence-corrected chi connectivity index (χ3v) is 4.89. The molecule has 0 bridgehead atoms. The van der Waals surface area contributed by atoms with Gasteiger partial charge in [0.2, 0.25) is 0 Å². The van der Waals surface area contributed by atoms with Crippen molar-refractivity contribution in [1.29, 1.82) is 0 Å². The highest BCUT2D eigenvalue weighted by atomic mass is 32.2. The van der Waals surface area contributed by atoms with Gasteiger partial charge in [0.05, 0.1) is 6.10 Å². The lowest BCUT2D eigenvalue weighted by Crippen LogP contribution is -2.39. The maximum absolute atomic E-state index is 12.8. The number of hydrogen-bond donors (Lipinski definition) is 0. The third-order valence-electron chi connectivity index (χ3n) is 4.19. The Bertz CT molecular complexity index is 504. The van der Waals surface area contributed by atoms with Crippen molar-refractivity contribution in [3.8, 4) is 5.75 Å². The van der Waals surface area contributed by atoms with Gasteiger partial charge in [-0.1, -0.05) is 12.1 Å². The predicted molar refractivity (Wildman–Crippen MR) is 98.7 cm³/mol. The first-order valence-electron chi connectivity index (χ1n) is 8.62. The summed E-state index contributed by atoms with van der Waals surface area (Å²) >= 11 is 1.89. The van der Waals surface area contributed by atoms with Gasteiger partial charge in [0.1, 0.15) is 5.75 Å². The van der Waals surface area contributed by atoms with Crippen molar-refractivity contribution in [2.24, 2.45) is 5.92 Å². The van der Waals surface area contributed by atoms with Gasteiger partial charge in [0.25, 0.3) is 0 Å². The van der Waals surface area contributed by atoms with Crippen molar-refractivity contribution in [1.82, 2.24) is 4.90 Å². The molecule has 1 heterocycles. The van der Waals surface area contributed by atoms with Gasteiger partial charge < -0.3 is 9.64 Å². The minimum atomic E-state index is 0.127. The highest BCUT2D eigenvalue weighted by Gasteiger charge is 2.26. The second kappa shape index (κ2) is 9.33. The minimum absolute atomic E-state index is 0.127. The molecule has 1 saturated heterocycles. The molecule has 0 aliphatic carbocycles. The average Bonchev–Trinajstić information content (AvgIpc) is 2.54. The molecule has 128 valence electrons. The fourth-order valence-corrected chi connectivity index (χ4v) is 3.55. The largest absolute Gasteiger partial charge is 0.491 e. The Morgan fingerprint density at radius 3 is 3.00 bits per heavy atom. The molecule has 0 amide bonds. The van der Waals surface area contributed by atoms with Crippen molar-refractivity contribution >= 4 is 17.5 Å². The Morgan fingerprint density at radius 1 is 1.43 bits per heavy atom. The first-order valence-corrected chi connectivity index (χ1v) is 10.0. The van der Waals surface area contributed by atoms with Crippen molar-refractivity contribution in [3.63, 3.8) is 0 Å². The van der Waals surface area contributed by atoms with Gasteiger partial charge in [0.15, 0.2) is 5.78 Å². The summed E-state index contributed by atoms with van der Waals surface area (Å²) in [6, 6.07) is 7.66. The third kappa shape index (κ3) is 5.85. The number of benzene rings is 1. The van der Waals surface area contributed by atoms with E-state index in [1.807, 2.05) is 49.9 Å². The molecule has 4 heteroatoms. The lowest BCUT2D eigenvalue weighted by molar-refractivity contribution is 0.0819. The standard InChI is InChI=1S/C19H29NO2S/c1-15(2)22-18-9-4-7-16(13-18)19(21)17-8-5-10-20(14-17)11-6-12-23-3/h4,7,9,13,15,17H,5-6,8,10-12,14H2,1-3H3/t17-/m1/s1. The summed E-state index contributed by atoms with van der Waals surface area (Å²) in [5.41, 5.74) is 0.791. The summed E-state index contributed by atoms with van der Waals surface area (Å²) in [5, 5.41) is 0. The lowest BCUT2D eigenvalue weighted by Gasteiger charge is -2.32. The summed E-state index contributed by atoms with van der Waals surface area (Å²) in [7, 11) is 0. The molecule has 0 unspecified atom stereocenters. The van der Waals surface area contributed by atoms with E-state index >= 15 is 0 Å². The fraction of sp³-hybridized carbons (Fsp3) is 0.632. The first-order chi connectivity index (χ1) is 11.1. The van der Waals surface area contributed by atoms with Crippen LogP contribution < -0.4 is 4.74 Å². The maximum atomic E-state index is 12.8. The molecule has 0 aromatic heterocycles. The second-order valence-corrected chi connectivity index (χ2v) is 7.53. The molecule has 23 heavy (non-hydrogen) atoms. The van der Waals surface area contributed by atoms with Gasteiger partial charge in [-0.15, -0.1) is 0 Å². The fourth-order valence-electron chi connectivity index (χ4n) is 3.14. The van der Waals surface area contributed by atoms with Crippen LogP contribution in [0.2, 0.25) is 0 Å². The number of thioether (sulfide) groups is 1. The predicted octanol–water partition coefficient (Wildman–Crippen LogP) is 4.12. The Morgan fingerprint density at radius 2 is 2.26 bits per heavy atom. The van der Waals surface area contributed by atoms with Crippen LogP contribution in [0, 0.1) is 5.92 Å². The molecule has 0 radical (unpaired) electrons. The zero-order chi connectivity index (χ0) is 16.7. The number of nitrogens with zero attached hydrogens (tertiary/aromatic N) is 1. The number of ketones is 1. The molecule has 1 aliphatic rings. The van der Waals surface area contributed by atoms with Gasteiger partial charge >= 0.3 is 0 Å². The van der Waals surface area contributed by atoms with Gasteiger partial charge in [-0.25, -0.2) is 0 Å². The summed E-state index contributed by atoms with van der Waals surface area (Å²) in [5.74, 6) is 2.39. The van der Waals surface area contributed by atoms with E-state index in [1.54, 1.807) is 0 Å². The molecule has 0 N–H and O–H groups in total. The SMILES string of the molecule is CSCCCN1CCC[C@@H](C(=O)c2cccc(OC(C)C)c2)C1. The summed E-state index contributed by atoms with van der Waals surface area (Å²) in [6.45, 7) is 7.16. The van der Waals surface area contributed by atoms with Gasteiger partial charge in [-0.05, 0) is 70.3 Å². The molecule has 1 aromatic carbocycles. The van der Waals surface area contributed by atoms with Crippen LogP contribution in [0.3, 0.4) is 0 Å². The van der Waals surface area contributed by atoms with E-state index in [2.05, 4.69) is 11.2 Å². The van der Waals surface area contributed by atoms with E-state index in [9.17, 15) is 4.79 Å². The van der Waals surface area contributed by atoms with E-state index in [4.69, 9.17) is 4.74 Å². The normalized spacial score (nSPS) is 19.0. The van der Waals surface area contributed by atoms with Crippen molar-refractivity contribution in [2.75, 3.05) is 31.6 Å². The van der Waals surface area contributed by atoms with Crippen LogP contribution >= 0.6 is 11.8 Å². The number of likely N-dealkylation sites (tertiary alicyclic amines) is 1. The maximum Gasteiger partial charge on any atom is 0.167 e. The van der Waals surface area contributed by atoms with E-state index in [0.29, 0.717) is 0 Å². The topological polar surface area (TPSA) is 29.5 Å². The molecular weight excluding hydrogens is 306 g/mol. The van der Waals surface area contributed by atoms with Gasteiger partial charge in [-0.2, -0.15) is 11.8 Å². The number of Topliss-reactive ketones (excluding diaryl/α,β-unsaturated/α-hetero) is 1. The van der Waals surface area contributed by atoms with Crippen LogP contribution in [0.25, 0.3) is 0 Å². The number of hydrogen-bond acceptors (Lipinski definition) is 4. The van der Waals surface area contributed by atoms with Gasteiger partial charge in [-0.3, -0.25) is 4.79 Å². The number of piperidine rings is 1. The lowest BCUT2D eigenvalue weighted by atomic mass is 9.90. The van der Waals surface area contributed by atoms with Crippen molar-refractivity contribution < 1.29 is 9.53 Å². The Kier molecular flexibility index (Phi) is 7.44. The number of carbonyl (C=O) groups is 1.